The molecule has 16 heteroatoms. The highest BCUT2D eigenvalue weighted by Gasteiger charge is 2.47. The zero-order valence-electron chi connectivity index (χ0n) is 22.7. The van der Waals surface area contributed by atoms with Crippen LogP contribution in [0.1, 0.15) is 27.0 Å². The number of imidazole rings is 1. The van der Waals surface area contributed by atoms with Crippen molar-refractivity contribution in [2.24, 2.45) is 0 Å². The van der Waals surface area contributed by atoms with Gasteiger partial charge in [0.25, 0.3) is 0 Å². The van der Waals surface area contributed by atoms with Crippen molar-refractivity contribution in [3.63, 3.8) is 0 Å². The zero-order valence-corrected chi connectivity index (χ0v) is 23.6. The van der Waals surface area contributed by atoms with Crippen LogP contribution in [0.2, 0.25) is 0 Å². The summed E-state index contributed by atoms with van der Waals surface area (Å²) in [5.74, 6) is -0.120. The first-order chi connectivity index (χ1) is 18.9. The molecule has 2 aromatic heterocycles. The third-order valence-corrected chi connectivity index (χ3v) is 7.49. The molecule has 0 unspecified atom stereocenters. The Balaban J connectivity index is 1.53. The number of rotatable bonds is 11. The molecule has 0 saturated carbocycles. The molecule has 1 aliphatic heterocycles. The highest BCUT2D eigenvalue weighted by Crippen LogP contribution is 2.46. The Labute approximate surface area is 230 Å². The van der Waals surface area contributed by atoms with Crippen LogP contribution in [0.15, 0.2) is 36.7 Å². The lowest BCUT2D eigenvalue weighted by Crippen LogP contribution is -2.37. The van der Waals surface area contributed by atoms with E-state index in [1.54, 1.807) is 63.2 Å². The first kappa shape index (κ1) is 29.6. The second kappa shape index (κ2) is 12.0. The van der Waals surface area contributed by atoms with Crippen molar-refractivity contribution in [2.45, 2.75) is 57.5 Å². The summed E-state index contributed by atoms with van der Waals surface area (Å²) >= 11 is 0. The number of carbonyl (C=O) groups excluding carboxylic acids is 1. The minimum absolute atomic E-state index is 0.0537. The van der Waals surface area contributed by atoms with Crippen LogP contribution < -0.4 is 20.2 Å². The number of nitrogen functional groups attached to an aromatic ring is 1. The van der Waals surface area contributed by atoms with E-state index in [0.29, 0.717) is 11.3 Å². The van der Waals surface area contributed by atoms with Gasteiger partial charge in [-0.2, -0.15) is 15.1 Å². The molecule has 6 atom stereocenters. The number of aromatic nitrogens is 4. The number of aliphatic hydroxyl groups excluding tert-OH is 1. The summed E-state index contributed by atoms with van der Waals surface area (Å²) in [6, 6.07) is 7.06. The van der Waals surface area contributed by atoms with Gasteiger partial charge in [-0.15, -0.1) is 0 Å². The summed E-state index contributed by atoms with van der Waals surface area (Å²) in [6.07, 6.45) is -5.29. The molecule has 40 heavy (non-hydrogen) atoms. The van der Waals surface area contributed by atoms with E-state index in [-0.39, 0.29) is 17.3 Å². The van der Waals surface area contributed by atoms with Crippen LogP contribution in [0, 0.1) is 0 Å². The fraction of sp³-hybridized carbons (Fsp3) is 0.500. The molecule has 1 aromatic carbocycles. The number of alkyl halides is 1. The molecule has 1 fully saturated rings. The number of esters is 1. The van der Waals surface area contributed by atoms with Crippen molar-refractivity contribution in [3.8, 4) is 5.75 Å². The van der Waals surface area contributed by atoms with E-state index >= 15 is 4.39 Å². The third kappa shape index (κ3) is 6.50. The quantitative estimate of drug-likeness (QED) is 0.222. The Bertz CT molecular complexity index is 1380. The number of fused-ring (bicyclic) bond motifs is 1. The maximum Gasteiger partial charge on any atom is 0.459 e. The first-order valence-electron chi connectivity index (χ1n) is 12.5. The highest BCUT2D eigenvalue weighted by atomic mass is 31.2. The summed E-state index contributed by atoms with van der Waals surface area (Å²) in [7, 11) is -0.773. The number of nitrogens with zero attached hydrogens (tertiary/aromatic N) is 5. The first-order valence-corrected chi connectivity index (χ1v) is 14.0. The number of benzene rings is 1. The van der Waals surface area contributed by atoms with Gasteiger partial charge < -0.3 is 29.7 Å². The summed E-state index contributed by atoms with van der Waals surface area (Å²) in [6.45, 7) is 4.24. The van der Waals surface area contributed by atoms with Crippen LogP contribution in [-0.2, 0) is 23.4 Å². The maximum atomic E-state index is 15.3. The lowest BCUT2D eigenvalue weighted by molar-refractivity contribution is -0.149. The van der Waals surface area contributed by atoms with Gasteiger partial charge in [-0.1, -0.05) is 18.2 Å². The molecule has 3 aromatic rings. The minimum atomic E-state index is -4.26. The molecule has 0 spiro atoms. The Kier molecular flexibility index (Phi) is 8.90. The molecule has 14 nitrogen and oxygen atoms in total. The summed E-state index contributed by atoms with van der Waals surface area (Å²) in [5.41, 5.74) is 6.41. The van der Waals surface area contributed by atoms with Crippen molar-refractivity contribution in [3.05, 3.63) is 36.7 Å². The number of ether oxygens (including phenoxy) is 2. The fourth-order valence-electron chi connectivity index (χ4n) is 3.99. The van der Waals surface area contributed by atoms with Crippen LogP contribution in [0.25, 0.3) is 11.2 Å². The molecule has 0 aliphatic carbocycles. The second-order valence-corrected chi connectivity index (χ2v) is 11.4. The molecule has 0 bridgehead atoms. The molecule has 3 heterocycles. The Morgan fingerprint density at radius 2 is 1.98 bits per heavy atom. The largest absolute Gasteiger partial charge is 0.462 e. The van der Waals surface area contributed by atoms with E-state index in [4.69, 9.17) is 24.3 Å². The number of carbonyl (C=O) groups is 1. The van der Waals surface area contributed by atoms with Gasteiger partial charge in [0, 0.05) is 14.1 Å². The van der Waals surface area contributed by atoms with Crippen LogP contribution in [0.4, 0.5) is 16.2 Å². The Morgan fingerprint density at radius 3 is 2.62 bits per heavy atom. The number of para-hydroxylation sites is 1. The van der Waals surface area contributed by atoms with Crippen molar-refractivity contribution in [1.29, 1.82) is 0 Å². The average molecular weight is 582 g/mol. The predicted octanol–water partition coefficient (Wildman–Crippen LogP) is 2.20. The van der Waals surface area contributed by atoms with Crippen molar-refractivity contribution >= 4 is 36.6 Å². The van der Waals surface area contributed by atoms with E-state index in [2.05, 4.69) is 20.0 Å². The topological polar surface area (TPSA) is 176 Å². The molecular formula is C24H33FN7O7P. The number of nitrogens with two attached hydrogens (primary N) is 1. The van der Waals surface area contributed by atoms with Gasteiger partial charge in [0.05, 0.1) is 19.0 Å². The average Bonchev–Trinajstić information content (AvgIpc) is 3.42. The minimum Gasteiger partial charge on any atom is -0.462 e. The molecule has 0 amide bonds. The normalized spacial score (nSPS) is 23.2. The number of halogens is 1. The Hall–Kier alpha value is -3.36. The SMILES string of the molecule is CC(C)OC(=O)[C@H](C)N[P@@](=O)(OC[C@H]1O[C@@H](n2cnc3c(N(C)C)nc(N)nc32)[C@H](F)[C@@H]1O)Oc1ccccc1. The van der Waals surface area contributed by atoms with Gasteiger partial charge in [0.15, 0.2) is 29.4 Å². The number of anilines is 2. The lowest BCUT2D eigenvalue weighted by Gasteiger charge is -2.25. The van der Waals surface area contributed by atoms with Crippen LogP contribution in [-0.4, -0.2) is 81.8 Å². The van der Waals surface area contributed by atoms with Crippen molar-refractivity contribution in [1.82, 2.24) is 24.6 Å². The molecule has 0 radical (unpaired) electrons. The molecule has 4 rings (SSSR count). The molecule has 218 valence electrons. The predicted molar refractivity (Wildman–Crippen MR) is 143 cm³/mol. The summed E-state index contributed by atoms with van der Waals surface area (Å²) in [4.78, 5) is 26.6. The number of hydrogen-bond acceptors (Lipinski definition) is 12. The van der Waals surface area contributed by atoms with Gasteiger partial charge in [0.2, 0.25) is 5.95 Å². The van der Waals surface area contributed by atoms with E-state index in [0.717, 1.165) is 0 Å². The van der Waals surface area contributed by atoms with Crippen LogP contribution in [0.3, 0.4) is 0 Å². The molecular weight excluding hydrogens is 548 g/mol. The van der Waals surface area contributed by atoms with Crippen molar-refractivity contribution < 1.29 is 37.4 Å². The van der Waals surface area contributed by atoms with Crippen LogP contribution in [0.5, 0.6) is 5.75 Å². The standard InChI is InChI=1S/C24H33FN7O7P/c1-13(2)37-23(34)14(3)30-40(35,39-15-9-7-6-8-10-15)36-11-16-19(33)17(25)22(38-16)32-12-27-18-20(31(4)5)28-24(26)29-21(18)32/h6-10,12-14,16-17,19,22,33H,11H2,1-5H3,(H,30,35)(H2,26,28,29)/t14-,16+,17+,19+,22+,40+/m0/s1. The van der Waals surface area contributed by atoms with Gasteiger partial charge in [0.1, 0.15) is 24.0 Å². The monoisotopic (exact) mass is 581 g/mol. The summed E-state index contributed by atoms with van der Waals surface area (Å²) in [5, 5.41) is 13.2. The van der Waals surface area contributed by atoms with Gasteiger partial charge in [-0.25, -0.2) is 13.9 Å². The number of aliphatic hydroxyl groups is 1. The molecule has 1 saturated heterocycles. The highest BCUT2D eigenvalue weighted by molar-refractivity contribution is 7.52. The number of nitrogens with one attached hydrogen (secondary N) is 1. The van der Waals surface area contributed by atoms with Gasteiger partial charge in [-0.3, -0.25) is 13.9 Å². The van der Waals surface area contributed by atoms with E-state index in [9.17, 15) is 14.5 Å². The van der Waals surface area contributed by atoms with E-state index in [1.807, 2.05) is 0 Å². The second-order valence-electron chi connectivity index (χ2n) is 9.66. The lowest BCUT2D eigenvalue weighted by atomic mass is 10.1. The Morgan fingerprint density at radius 1 is 1.27 bits per heavy atom. The van der Waals surface area contributed by atoms with Gasteiger partial charge in [-0.05, 0) is 32.9 Å². The number of hydrogen-bond donors (Lipinski definition) is 3. The third-order valence-electron chi connectivity index (χ3n) is 5.85. The fourth-order valence-corrected chi connectivity index (χ4v) is 5.49. The zero-order chi connectivity index (χ0) is 29.2. The summed E-state index contributed by atoms with van der Waals surface area (Å²) < 4.78 is 52.5. The molecule has 4 N–H and O–H groups in total. The van der Waals surface area contributed by atoms with E-state index in [1.165, 1.54) is 17.8 Å². The van der Waals surface area contributed by atoms with Crippen molar-refractivity contribution in [2.75, 3.05) is 31.3 Å². The van der Waals surface area contributed by atoms with Crippen LogP contribution >= 0.6 is 7.75 Å². The van der Waals surface area contributed by atoms with E-state index < -0.39 is 57.1 Å². The van der Waals surface area contributed by atoms with Gasteiger partial charge >= 0.3 is 13.7 Å². The molecule has 1 aliphatic rings. The smallest absolute Gasteiger partial charge is 0.459 e. The maximum absolute atomic E-state index is 15.3.